The highest BCUT2D eigenvalue weighted by Gasteiger charge is 2.36. The molecule has 1 aromatic rings. The van der Waals surface area contributed by atoms with E-state index in [0.717, 1.165) is 24.2 Å². The standard InChI is InChI=1S/C21H26F2N6O/c1-12(2)16-8-15(7-13(3)26-16)20(30)28-6-4-5-14(10-28)18-9-17(19(22)23)27-21-24-11-25-29(18)21/h7-9,11-12,14,19,21H,4-6,10H2,1-3H3,(H,24,25). The summed E-state index contributed by atoms with van der Waals surface area (Å²) in [4.78, 5) is 27.7. The largest absolute Gasteiger partial charge is 0.338 e. The molecular formula is C21H26F2N6O. The zero-order chi connectivity index (χ0) is 21.4. The van der Waals surface area contributed by atoms with Gasteiger partial charge in [0.25, 0.3) is 12.3 Å². The van der Waals surface area contributed by atoms with E-state index >= 15 is 0 Å². The summed E-state index contributed by atoms with van der Waals surface area (Å²) in [6.07, 6.45) is 1.15. The molecular weight excluding hydrogens is 390 g/mol. The number of fused-ring (bicyclic) bond motifs is 1. The van der Waals surface area contributed by atoms with Crippen molar-refractivity contribution < 1.29 is 13.6 Å². The van der Waals surface area contributed by atoms with Gasteiger partial charge in [-0.15, -0.1) is 0 Å². The number of carbonyl (C=O) groups excluding carboxylic acids is 1. The van der Waals surface area contributed by atoms with Gasteiger partial charge in [-0.2, -0.15) is 0 Å². The molecule has 0 saturated carbocycles. The van der Waals surface area contributed by atoms with Crippen LogP contribution in [0.4, 0.5) is 8.78 Å². The number of hydrazine groups is 1. The lowest BCUT2D eigenvalue weighted by molar-refractivity contribution is 0.0664. The summed E-state index contributed by atoms with van der Waals surface area (Å²) in [5, 5.41) is 1.71. The first kappa shape index (κ1) is 20.4. The first-order valence-electron chi connectivity index (χ1n) is 10.3. The Kier molecular flexibility index (Phi) is 5.53. The lowest BCUT2D eigenvalue weighted by atomic mass is 9.92. The summed E-state index contributed by atoms with van der Waals surface area (Å²) in [5.74, 6) is 0.104. The molecule has 1 aromatic heterocycles. The number of halogens is 2. The monoisotopic (exact) mass is 416 g/mol. The third-order valence-electron chi connectivity index (χ3n) is 5.64. The third-order valence-corrected chi connectivity index (χ3v) is 5.64. The zero-order valence-electron chi connectivity index (χ0n) is 17.3. The van der Waals surface area contributed by atoms with Crippen LogP contribution in [0.2, 0.25) is 0 Å². The molecule has 4 heterocycles. The fourth-order valence-corrected chi connectivity index (χ4v) is 4.12. The maximum Gasteiger partial charge on any atom is 0.280 e. The van der Waals surface area contributed by atoms with Gasteiger partial charge in [-0.05, 0) is 43.9 Å². The second-order valence-corrected chi connectivity index (χ2v) is 8.21. The van der Waals surface area contributed by atoms with Crippen molar-refractivity contribution >= 4 is 18.0 Å². The highest BCUT2D eigenvalue weighted by atomic mass is 19.3. The number of pyridine rings is 1. The molecule has 4 rings (SSSR count). The van der Waals surface area contributed by atoms with Gasteiger partial charge in [-0.3, -0.25) is 15.2 Å². The summed E-state index contributed by atoms with van der Waals surface area (Å²) in [6.45, 7) is 7.09. The topological polar surface area (TPSA) is 73.2 Å². The summed E-state index contributed by atoms with van der Waals surface area (Å²) in [6, 6.07) is 3.67. The van der Waals surface area contributed by atoms with E-state index in [-0.39, 0.29) is 23.5 Å². The minimum atomic E-state index is -2.66. The summed E-state index contributed by atoms with van der Waals surface area (Å²) < 4.78 is 26.7. The molecule has 3 aliphatic rings. The van der Waals surface area contributed by atoms with Gasteiger partial charge in [0.1, 0.15) is 12.1 Å². The van der Waals surface area contributed by atoms with Crippen molar-refractivity contribution in [3.63, 3.8) is 0 Å². The van der Waals surface area contributed by atoms with Crippen molar-refractivity contribution in [3.8, 4) is 0 Å². The number of aliphatic imine (C=N–C) groups is 2. The minimum absolute atomic E-state index is 0.0477. The highest BCUT2D eigenvalue weighted by Crippen LogP contribution is 2.31. The average Bonchev–Trinajstić information content (AvgIpc) is 3.20. The second-order valence-electron chi connectivity index (χ2n) is 8.21. The Balaban J connectivity index is 1.56. The van der Waals surface area contributed by atoms with Crippen LogP contribution in [0.25, 0.3) is 0 Å². The summed E-state index contributed by atoms with van der Waals surface area (Å²) in [7, 11) is 0. The molecule has 7 nitrogen and oxygen atoms in total. The molecule has 2 atom stereocenters. The van der Waals surface area contributed by atoms with Gasteiger partial charge >= 0.3 is 0 Å². The Bertz CT molecular complexity index is 926. The number of amides is 1. The number of hydrogen-bond donors (Lipinski definition) is 1. The number of aromatic nitrogens is 1. The van der Waals surface area contributed by atoms with Crippen LogP contribution in [0.1, 0.15) is 54.4 Å². The summed E-state index contributed by atoms with van der Waals surface area (Å²) >= 11 is 0. The molecule has 3 aliphatic heterocycles. The molecule has 1 amide bonds. The van der Waals surface area contributed by atoms with Crippen LogP contribution in [0.3, 0.4) is 0 Å². The van der Waals surface area contributed by atoms with E-state index in [0.29, 0.717) is 24.4 Å². The molecule has 2 unspecified atom stereocenters. The normalized spacial score (nSPS) is 23.4. The number of alkyl halides is 2. The predicted molar refractivity (Wildman–Crippen MR) is 110 cm³/mol. The van der Waals surface area contributed by atoms with Crippen LogP contribution in [0.5, 0.6) is 0 Å². The average molecular weight is 416 g/mol. The number of nitrogens with zero attached hydrogens (tertiary/aromatic N) is 5. The predicted octanol–water partition coefficient (Wildman–Crippen LogP) is 3.10. The third kappa shape index (κ3) is 3.93. The number of rotatable bonds is 4. The van der Waals surface area contributed by atoms with E-state index in [9.17, 15) is 13.6 Å². The molecule has 0 aliphatic carbocycles. The van der Waals surface area contributed by atoms with E-state index in [1.807, 2.05) is 37.8 Å². The van der Waals surface area contributed by atoms with Crippen LogP contribution in [0, 0.1) is 12.8 Å². The smallest absolute Gasteiger partial charge is 0.280 e. The molecule has 0 bridgehead atoms. The van der Waals surface area contributed by atoms with Crippen LogP contribution < -0.4 is 5.43 Å². The zero-order valence-corrected chi connectivity index (χ0v) is 17.3. The Morgan fingerprint density at radius 1 is 1.30 bits per heavy atom. The first-order chi connectivity index (χ1) is 14.3. The molecule has 1 saturated heterocycles. The highest BCUT2D eigenvalue weighted by molar-refractivity contribution is 5.99. The Morgan fingerprint density at radius 2 is 2.10 bits per heavy atom. The number of likely N-dealkylation sites (tertiary alicyclic amines) is 1. The number of allylic oxidation sites excluding steroid dienone is 1. The van der Waals surface area contributed by atoms with Gasteiger partial charge < -0.3 is 4.90 Å². The number of nitrogens with one attached hydrogen (secondary N) is 1. The number of piperidine rings is 1. The molecule has 9 heteroatoms. The van der Waals surface area contributed by atoms with Gasteiger partial charge in [-0.25, -0.2) is 23.8 Å². The van der Waals surface area contributed by atoms with Crippen molar-refractivity contribution in [1.82, 2.24) is 20.3 Å². The molecule has 160 valence electrons. The van der Waals surface area contributed by atoms with E-state index in [1.54, 1.807) is 5.01 Å². The first-order valence-corrected chi connectivity index (χ1v) is 10.3. The molecule has 0 radical (unpaired) electrons. The Morgan fingerprint density at radius 3 is 2.83 bits per heavy atom. The molecule has 1 N–H and O–H groups in total. The second kappa shape index (κ2) is 8.12. The molecule has 0 spiro atoms. The fraction of sp³-hybridized carbons (Fsp3) is 0.524. The van der Waals surface area contributed by atoms with Gasteiger partial charge in [0, 0.05) is 41.7 Å². The number of aryl methyl sites for hydroxylation is 1. The summed E-state index contributed by atoms with van der Waals surface area (Å²) in [5.41, 5.74) is 5.75. The van der Waals surface area contributed by atoms with Crippen LogP contribution in [-0.4, -0.2) is 58.7 Å². The van der Waals surface area contributed by atoms with Crippen molar-refractivity contribution in [2.24, 2.45) is 15.9 Å². The van der Waals surface area contributed by atoms with E-state index in [2.05, 4.69) is 20.4 Å². The van der Waals surface area contributed by atoms with Crippen molar-refractivity contribution in [3.05, 3.63) is 40.9 Å². The van der Waals surface area contributed by atoms with Crippen molar-refractivity contribution in [2.75, 3.05) is 13.1 Å². The van der Waals surface area contributed by atoms with Gasteiger partial charge in [0.05, 0.1) is 0 Å². The Hall–Kier alpha value is -2.84. The lowest BCUT2D eigenvalue weighted by Gasteiger charge is -2.39. The Labute approximate surface area is 174 Å². The van der Waals surface area contributed by atoms with Crippen LogP contribution in [-0.2, 0) is 0 Å². The van der Waals surface area contributed by atoms with Crippen molar-refractivity contribution in [1.29, 1.82) is 0 Å². The SMILES string of the molecule is Cc1cc(C(=O)N2CCCC(C3=CC(C(F)F)=NC4N=CNN34)C2)cc(C(C)C)n1. The van der Waals surface area contributed by atoms with Gasteiger partial charge in [-0.1, -0.05) is 13.8 Å². The minimum Gasteiger partial charge on any atom is -0.338 e. The number of hydrogen-bond acceptors (Lipinski definition) is 6. The van der Waals surface area contributed by atoms with Crippen LogP contribution in [0.15, 0.2) is 33.9 Å². The van der Waals surface area contributed by atoms with E-state index in [1.165, 1.54) is 12.4 Å². The van der Waals surface area contributed by atoms with Crippen molar-refractivity contribution in [2.45, 2.75) is 52.2 Å². The molecule has 0 aromatic carbocycles. The number of carbonyl (C=O) groups is 1. The van der Waals surface area contributed by atoms with Gasteiger partial charge in [0.2, 0.25) is 6.29 Å². The fourth-order valence-electron chi connectivity index (χ4n) is 4.12. The van der Waals surface area contributed by atoms with Crippen LogP contribution >= 0.6 is 0 Å². The molecule has 30 heavy (non-hydrogen) atoms. The molecule has 1 fully saturated rings. The van der Waals surface area contributed by atoms with Gasteiger partial charge in [0.15, 0.2) is 0 Å². The quantitative estimate of drug-likeness (QED) is 0.819. The van der Waals surface area contributed by atoms with E-state index < -0.39 is 12.7 Å². The maximum absolute atomic E-state index is 13.3. The lowest BCUT2D eigenvalue weighted by Crippen LogP contribution is -2.47. The van der Waals surface area contributed by atoms with E-state index in [4.69, 9.17) is 0 Å². The maximum atomic E-state index is 13.3.